The summed E-state index contributed by atoms with van der Waals surface area (Å²) in [6.45, 7) is 9.09. The number of aromatic nitrogens is 2. The molecule has 0 spiro atoms. The van der Waals surface area contributed by atoms with E-state index < -0.39 is 0 Å². The molecule has 1 saturated heterocycles. The average Bonchev–Trinajstić information content (AvgIpc) is 3.21. The highest BCUT2D eigenvalue weighted by atomic mass is 16.2. The summed E-state index contributed by atoms with van der Waals surface area (Å²) < 4.78 is 0. The van der Waals surface area contributed by atoms with Crippen molar-refractivity contribution in [1.82, 2.24) is 14.9 Å². The molecule has 5 rings (SSSR count). The van der Waals surface area contributed by atoms with Crippen LogP contribution >= 0.6 is 0 Å². The van der Waals surface area contributed by atoms with Gasteiger partial charge in [-0.15, -0.1) is 0 Å². The van der Waals surface area contributed by atoms with Crippen LogP contribution in [0.3, 0.4) is 0 Å². The molecule has 2 N–H and O–H groups in total. The quantitative estimate of drug-likeness (QED) is 0.652. The van der Waals surface area contributed by atoms with E-state index in [0.29, 0.717) is 43.0 Å². The van der Waals surface area contributed by atoms with Gasteiger partial charge in [0.05, 0.1) is 10.9 Å². The number of nitrogens with one attached hydrogen (secondary N) is 2. The molecule has 1 amide bonds. The van der Waals surface area contributed by atoms with E-state index in [2.05, 4.69) is 54.3 Å². The number of amides is 1. The summed E-state index contributed by atoms with van der Waals surface area (Å²) in [5, 5.41) is 4.04. The topological polar surface area (TPSA) is 81.3 Å². The van der Waals surface area contributed by atoms with Gasteiger partial charge in [0.25, 0.3) is 5.56 Å². The Labute approximate surface area is 187 Å². The third kappa shape index (κ3) is 3.72. The van der Waals surface area contributed by atoms with Gasteiger partial charge in [0.2, 0.25) is 11.9 Å². The Morgan fingerprint density at radius 3 is 2.56 bits per heavy atom. The van der Waals surface area contributed by atoms with E-state index in [4.69, 9.17) is 0 Å². The van der Waals surface area contributed by atoms with E-state index in [0.717, 1.165) is 12.1 Å². The third-order valence-corrected chi connectivity index (χ3v) is 6.52. The van der Waals surface area contributed by atoms with Crippen LogP contribution in [0.4, 0.5) is 11.6 Å². The third-order valence-electron chi connectivity index (χ3n) is 6.52. The number of anilines is 2. The molecule has 1 unspecified atom stereocenters. The van der Waals surface area contributed by atoms with Crippen molar-refractivity contribution in [3.63, 3.8) is 0 Å². The molecule has 0 bridgehead atoms. The number of rotatable bonds is 2. The Kier molecular flexibility index (Phi) is 4.92. The number of carbonyl (C=O) groups is 1. The maximum absolute atomic E-state index is 13.2. The molecule has 0 aliphatic carbocycles. The number of piperazine rings is 1. The van der Waals surface area contributed by atoms with Crippen LogP contribution < -0.4 is 15.8 Å². The van der Waals surface area contributed by atoms with Crippen LogP contribution in [0.25, 0.3) is 10.9 Å². The van der Waals surface area contributed by atoms with E-state index in [-0.39, 0.29) is 22.9 Å². The normalized spacial score (nSPS) is 18.5. The molecular formula is C25H29N5O2. The Hall–Kier alpha value is -3.35. The largest absolute Gasteiger partial charge is 0.373 e. The number of fused-ring (bicyclic) bond motifs is 2. The molecular weight excluding hydrogens is 402 g/mol. The Morgan fingerprint density at radius 1 is 1.06 bits per heavy atom. The molecule has 1 fully saturated rings. The van der Waals surface area contributed by atoms with Crippen LogP contribution in [0, 0.1) is 0 Å². The van der Waals surface area contributed by atoms with Gasteiger partial charge in [-0.05, 0) is 34.7 Å². The first-order valence-electron chi connectivity index (χ1n) is 11.2. The number of para-hydroxylation sites is 1. The monoisotopic (exact) mass is 431 g/mol. The van der Waals surface area contributed by atoms with E-state index in [9.17, 15) is 9.59 Å². The fraction of sp³-hybridized carbons (Fsp3) is 0.400. The second-order valence-corrected chi connectivity index (χ2v) is 9.74. The average molecular weight is 432 g/mol. The standard InChI is InChI=1S/C25H29N5O2/c1-25(2,3)17-9-8-16-14-21(26-20(16)15-17)23(32)29-10-12-30(13-11-29)24-27-19-7-5-4-6-18(19)22(31)28-24/h4-9,15,21,26H,10-14H2,1-3H3,(H,27,28,31). The van der Waals surface area contributed by atoms with Gasteiger partial charge < -0.3 is 15.1 Å². The SMILES string of the molecule is CC(C)(C)c1ccc2c(c1)NC(C(=O)N1CCN(c3nc4ccccc4c(=O)[nH]3)CC1)C2. The van der Waals surface area contributed by atoms with Gasteiger partial charge in [0, 0.05) is 38.3 Å². The molecule has 1 atom stereocenters. The molecule has 0 saturated carbocycles. The maximum atomic E-state index is 13.2. The molecule has 0 radical (unpaired) electrons. The van der Waals surface area contributed by atoms with Gasteiger partial charge >= 0.3 is 0 Å². The highest BCUT2D eigenvalue weighted by Gasteiger charge is 2.33. The summed E-state index contributed by atoms with van der Waals surface area (Å²) in [5.74, 6) is 0.708. The van der Waals surface area contributed by atoms with Gasteiger partial charge in [-0.3, -0.25) is 14.6 Å². The zero-order valence-electron chi connectivity index (χ0n) is 18.8. The van der Waals surface area contributed by atoms with E-state index >= 15 is 0 Å². The summed E-state index contributed by atoms with van der Waals surface area (Å²) >= 11 is 0. The van der Waals surface area contributed by atoms with Crippen molar-refractivity contribution in [2.75, 3.05) is 36.4 Å². The van der Waals surface area contributed by atoms with Crippen LogP contribution in [0.5, 0.6) is 0 Å². The lowest BCUT2D eigenvalue weighted by Gasteiger charge is -2.36. The first-order valence-corrected chi connectivity index (χ1v) is 11.2. The van der Waals surface area contributed by atoms with E-state index in [1.807, 2.05) is 28.0 Å². The number of nitrogens with zero attached hydrogens (tertiary/aromatic N) is 3. The van der Waals surface area contributed by atoms with Crippen molar-refractivity contribution in [2.24, 2.45) is 0 Å². The molecule has 3 aromatic rings. The molecule has 7 heteroatoms. The Morgan fingerprint density at radius 2 is 1.81 bits per heavy atom. The first-order chi connectivity index (χ1) is 15.3. The number of hydrogen-bond donors (Lipinski definition) is 2. The van der Waals surface area contributed by atoms with Gasteiger partial charge in [0.15, 0.2) is 0 Å². The maximum Gasteiger partial charge on any atom is 0.260 e. The van der Waals surface area contributed by atoms with Crippen LogP contribution in [-0.4, -0.2) is 53.0 Å². The van der Waals surface area contributed by atoms with Crippen LogP contribution in [-0.2, 0) is 16.6 Å². The zero-order chi connectivity index (χ0) is 22.5. The van der Waals surface area contributed by atoms with Crippen molar-refractivity contribution in [3.8, 4) is 0 Å². The smallest absolute Gasteiger partial charge is 0.260 e. The minimum absolute atomic E-state index is 0.0763. The first kappa shape index (κ1) is 20.5. The van der Waals surface area contributed by atoms with E-state index in [1.54, 1.807) is 6.07 Å². The summed E-state index contributed by atoms with van der Waals surface area (Å²) in [7, 11) is 0. The number of aromatic amines is 1. The number of H-pyrrole nitrogens is 1. The Bertz CT molecular complexity index is 1240. The molecule has 3 heterocycles. The van der Waals surface area contributed by atoms with Crippen molar-refractivity contribution < 1.29 is 4.79 Å². The van der Waals surface area contributed by atoms with Crippen molar-refractivity contribution >= 4 is 28.4 Å². The van der Waals surface area contributed by atoms with Crippen molar-refractivity contribution in [3.05, 3.63) is 63.9 Å². The molecule has 2 aromatic carbocycles. The van der Waals surface area contributed by atoms with Gasteiger partial charge in [-0.2, -0.15) is 0 Å². The highest BCUT2D eigenvalue weighted by molar-refractivity contribution is 5.88. The Balaban J connectivity index is 1.25. The molecule has 7 nitrogen and oxygen atoms in total. The molecule has 2 aliphatic heterocycles. The predicted molar refractivity (Wildman–Crippen MR) is 127 cm³/mol. The second kappa shape index (κ2) is 7.65. The van der Waals surface area contributed by atoms with Crippen molar-refractivity contribution in [1.29, 1.82) is 0 Å². The van der Waals surface area contributed by atoms with Crippen LogP contribution in [0.2, 0.25) is 0 Å². The number of benzene rings is 2. The zero-order valence-corrected chi connectivity index (χ0v) is 18.8. The van der Waals surface area contributed by atoms with Crippen LogP contribution in [0.15, 0.2) is 47.3 Å². The van der Waals surface area contributed by atoms with Gasteiger partial charge in [0.1, 0.15) is 6.04 Å². The van der Waals surface area contributed by atoms with Gasteiger partial charge in [-0.25, -0.2) is 4.98 Å². The summed E-state index contributed by atoms with van der Waals surface area (Å²) in [6.07, 6.45) is 0.721. The molecule has 32 heavy (non-hydrogen) atoms. The number of hydrogen-bond acceptors (Lipinski definition) is 5. The molecule has 1 aromatic heterocycles. The number of carbonyl (C=O) groups excluding carboxylic acids is 1. The highest BCUT2D eigenvalue weighted by Crippen LogP contribution is 2.32. The summed E-state index contributed by atoms with van der Waals surface area (Å²) in [4.78, 5) is 37.1. The van der Waals surface area contributed by atoms with Crippen LogP contribution in [0.1, 0.15) is 31.9 Å². The van der Waals surface area contributed by atoms with Gasteiger partial charge in [-0.1, -0.05) is 45.0 Å². The molecule has 2 aliphatic rings. The lowest BCUT2D eigenvalue weighted by Crippen LogP contribution is -2.53. The van der Waals surface area contributed by atoms with Crippen molar-refractivity contribution in [2.45, 2.75) is 38.6 Å². The summed E-state index contributed by atoms with van der Waals surface area (Å²) in [6, 6.07) is 13.6. The fourth-order valence-electron chi connectivity index (χ4n) is 4.55. The summed E-state index contributed by atoms with van der Waals surface area (Å²) in [5.41, 5.74) is 4.17. The fourth-order valence-corrected chi connectivity index (χ4v) is 4.55. The predicted octanol–water partition coefficient (Wildman–Crippen LogP) is 2.91. The second-order valence-electron chi connectivity index (χ2n) is 9.74. The minimum Gasteiger partial charge on any atom is -0.373 e. The lowest BCUT2D eigenvalue weighted by atomic mass is 9.86. The minimum atomic E-state index is -0.217. The lowest BCUT2D eigenvalue weighted by molar-refractivity contribution is -0.132. The molecule has 166 valence electrons. The van der Waals surface area contributed by atoms with E-state index in [1.165, 1.54) is 11.1 Å².